The number of carbonyl (C=O) groups is 1. The predicted molar refractivity (Wildman–Crippen MR) is 81.8 cm³/mol. The maximum Gasteiger partial charge on any atom is 0.241 e. The highest BCUT2D eigenvalue weighted by molar-refractivity contribution is 7.12. The van der Waals surface area contributed by atoms with Gasteiger partial charge in [0.25, 0.3) is 0 Å². The first-order valence-electron chi connectivity index (χ1n) is 7.38. The molecule has 2 unspecified atom stereocenters. The van der Waals surface area contributed by atoms with Crippen molar-refractivity contribution < 1.29 is 9.53 Å². The molecule has 1 aromatic heterocycles. The fourth-order valence-corrected chi connectivity index (χ4v) is 3.51. The summed E-state index contributed by atoms with van der Waals surface area (Å²) >= 11 is 1.75. The van der Waals surface area contributed by atoms with Gasteiger partial charge in [-0.1, -0.05) is 13.3 Å². The zero-order chi connectivity index (χ0) is 14.5. The average Bonchev–Trinajstić information content (AvgIpc) is 2.97. The lowest BCUT2D eigenvalue weighted by molar-refractivity contribution is -0.130. The van der Waals surface area contributed by atoms with E-state index in [4.69, 9.17) is 4.74 Å². The molecule has 1 fully saturated rings. The van der Waals surface area contributed by atoms with E-state index in [0.717, 1.165) is 12.8 Å². The number of aryl methyl sites for hydroxylation is 1. The Hall–Kier alpha value is -0.910. The summed E-state index contributed by atoms with van der Waals surface area (Å²) in [6.07, 6.45) is 1.92. The smallest absolute Gasteiger partial charge is 0.241 e. The molecule has 1 aliphatic heterocycles. The average molecular weight is 296 g/mol. The van der Waals surface area contributed by atoms with Gasteiger partial charge in [-0.3, -0.25) is 10.1 Å². The largest absolute Gasteiger partial charge is 0.380 e. The molecular formula is C15H24N2O2S. The number of ether oxygens (including phenoxy) is 1. The van der Waals surface area contributed by atoms with E-state index in [1.165, 1.54) is 9.75 Å². The Bertz CT molecular complexity index is 447. The van der Waals surface area contributed by atoms with Gasteiger partial charge in [-0.15, -0.1) is 11.3 Å². The van der Waals surface area contributed by atoms with Crippen LogP contribution < -0.4 is 5.32 Å². The first-order chi connectivity index (χ1) is 9.67. The minimum absolute atomic E-state index is 0.0122. The van der Waals surface area contributed by atoms with Crippen molar-refractivity contribution in [1.29, 1.82) is 0 Å². The first-order valence-corrected chi connectivity index (χ1v) is 8.19. The van der Waals surface area contributed by atoms with Gasteiger partial charge in [0.1, 0.15) is 6.17 Å². The van der Waals surface area contributed by atoms with Gasteiger partial charge in [-0.05, 0) is 32.4 Å². The highest BCUT2D eigenvalue weighted by atomic mass is 32.1. The van der Waals surface area contributed by atoms with Gasteiger partial charge in [0.2, 0.25) is 5.91 Å². The molecule has 5 heteroatoms. The van der Waals surface area contributed by atoms with Crippen molar-refractivity contribution in [2.75, 3.05) is 19.8 Å². The summed E-state index contributed by atoms with van der Waals surface area (Å²) in [5.74, 6) is 0.211. The number of nitrogens with zero attached hydrogens (tertiary/aromatic N) is 1. The molecule has 1 aromatic rings. The van der Waals surface area contributed by atoms with Crippen LogP contribution in [0.15, 0.2) is 12.1 Å². The van der Waals surface area contributed by atoms with Crippen molar-refractivity contribution in [3.05, 3.63) is 21.9 Å². The predicted octanol–water partition coefficient (Wildman–Crippen LogP) is 2.69. The molecule has 1 saturated heterocycles. The van der Waals surface area contributed by atoms with Gasteiger partial charge >= 0.3 is 0 Å². The summed E-state index contributed by atoms with van der Waals surface area (Å²) in [5, 5.41) is 3.48. The van der Waals surface area contributed by atoms with E-state index in [0.29, 0.717) is 19.8 Å². The van der Waals surface area contributed by atoms with Crippen LogP contribution in [-0.4, -0.2) is 36.6 Å². The monoisotopic (exact) mass is 296 g/mol. The second-order valence-electron chi connectivity index (χ2n) is 5.09. The van der Waals surface area contributed by atoms with Crippen molar-refractivity contribution in [3.8, 4) is 0 Å². The molecule has 20 heavy (non-hydrogen) atoms. The quantitative estimate of drug-likeness (QED) is 0.787. The van der Waals surface area contributed by atoms with Gasteiger partial charge in [-0.25, -0.2) is 0 Å². The molecule has 0 bridgehead atoms. The van der Waals surface area contributed by atoms with Gasteiger partial charge in [0.05, 0.1) is 12.6 Å². The SMILES string of the molecule is CCCC1NC(c2ccc(C)s2)N(CCOCC)C1=O. The summed E-state index contributed by atoms with van der Waals surface area (Å²) in [6, 6.07) is 4.18. The van der Waals surface area contributed by atoms with Crippen LogP contribution in [0.3, 0.4) is 0 Å². The summed E-state index contributed by atoms with van der Waals surface area (Å²) < 4.78 is 5.41. The molecule has 2 rings (SSSR count). The van der Waals surface area contributed by atoms with E-state index < -0.39 is 0 Å². The van der Waals surface area contributed by atoms with Gasteiger partial charge in [0.15, 0.2) is 0 Å². The zero-order valence-electron chi connectivity index (χ0n) is 12.5. The van der Waals surface area contributed by atoms with E-state index in [9.17, 15) is 4.79 Å². The third kappa shape index (κ3) is 3.40. The van der Waals surface area contributed by atoms with Crippen molar-refractivity contribution in [3.63, 3.8) is 0 Å². The van der Waals surface area contributed by atoms with E-state index >= 15 is 0 Å². The Morgan fingerprint density at radius 3 is 2.80 bits per heavy atom. The number of carbonyl (C=O) groups excluding carboxylic acids is 1. The normalized spacial score (nSPS) is 22.8. The number of nitrogens with one attached hydrogen (secondary N) is 1. The zero-order valence-corrected chi connectivity index (χ0v) is 13.3. The molecule has 112 valence electrons. The minimum atomic E-state index is -0.0472. The Morgan fingerprint density at radius 1 is 1.40 bits per heavy atom. The highest BCUT2D eigenvalue weighted by Crippen LogP contribution is 2.31. The Balaban J connectivity index is 2.11. The van der Waals surface area contributed by atoms with Crippen molar-refractivity contribution >= 4 is 17.2 Å². The second kappa shape index (κ2) is 7.20. The van der Waals surface area contributed by atoms with Crippen LogP contribution in [0.25, 0.3) is 0 Å². The fraction of sp³-hybridized carbons (Fsp3) is 0.667. The number of hydrogen-bond acceptors (Lipinski definition) is 4. The lowest BCUT2D eigenvalue weighted by Crippen LogP contribution is -2.33. The maximum atomic E-state index is 12.5. The number of amides is 1. The van der Waals surface area contributed by atoms with E-state index in [2.05, 4.69) is 31.3 Å². The van der Waals surface area contributed by atoms with Crippen molar-refractivity contribution in [2.45, 2.75) is 45.8 Å². The number of hydrogen-bond donors (Lipinski definition) is 1. The molecule has 1 amide bonds. The van der Waals surface area contributed by atoms with Crippen LogP contribution in [0.5, 0.6) is 0 Å². The number of rotatable bonds is 7. The minimum Gasteiger partial charge on any atom is -0.380 e. The third-order valence-corrected chi connectivity index (χ3v) is 4.59. The van der Waals surface area contributed by atoms with Gasteiger partial charge in [0, 0.05) is 22.9 Å². The van der Waals surface area contributed by atoms with Crippen molar-refractivity contribution in [2.24, 2.45) is 0 Å². The van der Waals surface area contributed by atoms with E-state index in [-0.39, 0.29) is 18.1 Å². The van der Waals surface area contributed by atoms with Crippen LogP contribution in [0.4, 0.5) is 0 Å². The molecule has 1 N–H and O–H groups in total. The maximum absolute atomic E-state index is 12.5. The van der Waals surface area contributed by atoms with Crippen LogP contribution in [0.2, 0.25) is 0 Å². The van der Waals surface area contributed by atoms with Crippen LogP contribution >= 0.6 is 11.3 Å². The summed E-state index contributed by atoms with van der Waals surface area (Å²) in [6.45, 7) is 8.13. The fourth-order valence-electron chi connectivity index (χ4n) is 2.56. The molecule has 0 saturated carbocycles. The molecule has 0 aliphatic carbocycles. The summed E-state index contributed by atoms with van der Waals surface area (Å²) in [7, 11) is 0. The third-order valence-electron chi connectivity index (χ3n) is 3.54. The second-order valence-corrected chi connectivity index (χ2v) is 6.41. The summed E-state index contributed by atoms with van der Waals surface area (Å²) in [5.41, 5.74) is 0. The van der Waals surface area contributed by atoms with E-state index in [1.807, 2.05) is 11.8 Å². The molecule has 4 nitrogen and oxygen atoms in total. The Kier molecular flexibility index (Phi) is 5.57. The van der Waals surface area contributed by atoms with Gasteiger partial charge in [-0.2, -0.15) is 0 Å². The molecule has 1 aliphatic rings. The van der Waals surface area contributed by atoms with Crippen LogP contribution in [-0.2, 0) is 9.53 Å². The molecule has 2 atom stereocenters. The van der Waals surface area contributed by atoms with E-state index in [1.54, 1.807) is 11.3 Å². The molecular weight excluding hydrogens is 272 g/mol. The lowest BCUT2D eigenvalue weighted by atomic mass is 10.2. The van der Waals surface area contributed by atoms with Crippen LogP contribution in [0.1, 0.15) is 42.6 Å². The van der Waals surface area contributed by atoms with Gasteiger partial charge < -0.3 is 9.64 Å². The Morgan fingerprint density at radius 2 is 2.20 bits per heavy atom. The van der Waals surface area contributed by atoms with Crippen molar-refractivity contribution in [1.82, 2.24) is 10.2 Å². The highest BCUT2D eigenvalue weighted by Gasteiger charge is 2.39. The molecule has 0 radical (unpaired) electrons. The molecule has 0 aromatic carbocycles. The molecule has 2 heterocycles. The summed E-state index contributed by atoms with van der Waals surface area (Å²) in [4.78, 5) is 16.9. The molecule has 0 spiro atoms. The topological polar surface area (TPSA) is 41.6 Å². The lowest BCUT2D eigenvalue weighted by Gasteiger charge is -2.23. The Labute approximate surface area is 125 Å². The first kappa shape index (κ1) is 15.5. The number of thiophene rings is 1. The standard InChI is InChI=1S/C15H24N2O2S/c1-4-6-12-15(18)17(9-10-19-5-2)14(16-12)13-8-7-11(3)20-13/h7-8,12,14,16H,4-6,9-10H2,1-3H3. The van der Waals surface area contributed by atoms with Crippen LogP contribution in [0, 0.1) is 6.92 Å².